The van der Waals surface area contributed by atoms with Crippen molar-refractivity contribution in [3.05, 3.63) is 268 Å². The van der Waals surface area contributed by atoms with Gasteiger partial charge in [0.1, 0.15) is 0 Å². The fourth-order valence-corrected chi connectivity index (χ4v) is 29.0. The first-order valence-electron chi connectivity index (χ1n) is 37.2. The second-order valence-corrected chi connectivity index (χ2v) is 46.3. The second-order valence-electron chi connectivity index (χ2n) is 28.6. The lowest BCUT2D eigenvalue weighted by Crippen LogP contribution is -2.41. The summed E-state index contributed by atoms with van der Waals surface area (Å²) in [6.45, 7) is 12.1. The maximum absolute atomic E-state index is 15.2. The highest BCUT2D eigenvalue weighted by atomic mass is 32.3. The van der Waals surface area contributed by atoms with Gasteiger partial charge in [0.2, 0.25) is 10.0 Å². The number of hydrogen-bond acceptors (Lipinski definition) is 20. The first-order valence-corrected chi connectivity index (χ1v) is 50.1. The zero-order valence-electron chi connectivity index (χ0n) is 65.7. The lowest BCUT2D eigenvalue weighted by atomic mass is 10.2. The molecule has 0 unspecified atom stereocenters. The monoisotopic (exact) mass is 1750 g/mol. The van der Waals surface area contributed by atoms with Gasteiger partial charge in [-0.3, -0.25) is 0 Å². The van der Waals surface area contributed by atoms with E-state index in [0.717, 1.165) is 5.56 Å². The summed E-state index contributed by atoms with van der Waals surface area (Å²) in [5, 5.41) is 0. The minimum absolute atomic E-state index is 0.0175. The van der Waals surface area contributed by atoms with E-state index in [4.69, 9.17) is 0 Å². The van der Waals surface area contributed by atoms with Crippen LogP contribution in [-0.4, -0.2) is 183 Å². The Morgan fingerprint density at radius 2 is 0.270 bits per heavy atom. The fraction of sp³-hybridized carbons (Fsp3) is 0.333. The predicted octanol–water partition coefficient (Wildman–Crippen LogP) is 11.7. The molecular weight excluding hydrogens is 1650 g/mol. The smallest absolute Gasteiger partial charge is 0.256 e. The van der Waals surface area contributed by atoms with Crippen LogP contribution in [0.25, 0.3) is 0 Å². The van der Waals surface area contributed by atoms with E-state index < -0.39 is 116 Å². The number of rotatable bonds is 42. The molecule has 0 aliphatic carbocycles. The van der Waals surface area contributed by atoms with Crippen LogP contribution in [0.3, 0.4) is 0 Å². The molecule has 9 aromatic carbocycles. The topological polar surface area (TPSA) is 330 Å². The van der Waals surface area contributed by atoms with E-state index in [-0.39, 0.29) is 135 Å². The summed E-state index contributed by atoms with van der Waals surface area (Å²) in [4.78, 5) is 0.865. The van der Waals surface area contributed by atoms with Gasteiger partial charge in [-0.2, -0.15) is 4.31 Å². The van der Waals surface area contributed by atoms with Gasteiger partial charge in [-0.25, -0.2) is 75.8 Å². The van der Waals surface area contributed by atoms with Crippen molar-refractivity contribution in [3.63, 3.8) is 0 Å². The van der Waals surface area contributed by atoms with Gasteiger partial charge in [0.25, 0.3) is 80.2 Å². The Hall–Kier alpha value is -7.75. The molecular formula is C81H99N7O18S9. The number of sulfonamides is 9. The minimum atomic E-state index is -4.82. The molecule has 115 heavy (non-hydrogen) atoms. The van der Waals surface area contributed by atoms with E-state index in [1.165, 1.54) is 211 Å². The molecule has 0 heterocycles. The first kappa shape index (κ1) is 91.2. The molecule has 34 heteroatoms. The maximum atomic E-state index is 15.2. The number of aryl methyl sites for hydroxylation is 9. The van der Waals surface area contributed by atoms with Crippen LogP contribution in [0.2, 0.25) is 0 Å². The molecule has 0 amide bonds. The van der Waals surface area contributed by atoms with Gasteiger partial charge in [0.15, 0.2) is 0 Å². The lowest BCUT2D eigenvalue weighted by Gasteiger charge is -2.29. The van der Waals surface area contributed by atoms with Gasteiger partial charge in [0.05, 0.1) is 44.1 Å². The molecule has 620 valence electrons. The maximum Gasteiger partial charge on any atom is 0.256 e. The molecule has 0 N–H and O–H groups in total. The molecule has 9 aromatic rings. The first-order chi connectivity index (χ1) is 54.0. The molecule has 0 atom stereocenters. The molecule has 0 bridgehead atoms. The van der Waals surface area contributed by atoms with Crippen LogP contribution < -0.4 is 0 Å². The Morgan fingerprint density at radius 3 is 0.400 bits per heavy atom. The largest absolute Gasteiger partial charge is 0.303 e. The Kier molecular flexibility index (Phi) is 30.4. The van der Waals surface area contributed by atoms with Gasteiger partial charge in [-0.05, 0) is 249 Å². The van der Waals surface area contributed by atoms with E-state index in [9.17, 15) is 67.3 Å². The van der Waals surface area contributed by atoms with Crippen molar-refractivity contribution in [3.8, 4) is 0 Å². The predicted molar refractivity (Wildman–Crippen MR) is 444 cm³/mol. The van der Waals surface area contributed by atoms with Gasteiger partial charge in [-0.15, -0.1) is 0 Å². The third-order valence-corrected chi connectivity index (χ3v) is 38.7. The van der Waals surface area contributed by atoms with E-state index in [1.807, 2.05) is 0 Å². The standard InChI is InChI=1S/C81H99N7O18S9/c1-64-16-34-73(35-17-64)107(89,90)84(58-10-52-82(54-12-60-85(108(91,92)74-36-18-65(2)19-37-74)109(93,94)75-38-20-66(3)21-39-75)55-13-61-86(110(95,96)76-40-22-67(4)23-41-76)111(97,98)77-42-24-68(5)25-43-77)59-11-53-83(56-14-62-87(112(99,100)78-44-26-69(6)27-45-78)113(101,102)79-46-28-70(7)29-47-79)57-15-63-88(114(103,104)80-48-30-71(8)31-49-80)115(105,106)81-50-32-72(9)33-51-81/h16-51H,10-15,52-63H2,1-9H3. The van der Waals surface area contributed by atoms with Crippen LogP contribution in [-0.2, 0) is 90.2 Å². The van der Waals surface area contributed by atoms with Crippen LogP contribution in [0.4, 0.5) is 0 Å². The highest BCUT2D eigenvalue weighted by Crippen LogP contribution is 2.32. The van der Waals surface area contributed by atoms with Gasteiger partial charge < -0.3 is 9.80 Å². The summed E-state index contributed by atoms with van der Waals surface area (Å²) in [7, 11) is -43.0. The molecule has 0 spiro atoms. The Labute approximate surface area is 681 Å². The van der Waals surface area contributed by atoms with Crippen molar-refractivity contribution in [1.29, 1.82) is 0 Å². The second kappa shape index (κ2) is 38.3. The van der Waals surface area contributed by atoms with Crippen molar-refractivity contribution in [2.24, 2.45) is 0 Å². The normalized spacial score (nSPS) is 13.1. The van der Waals surface area contributed by atoms with Crippen molar-refractivity contribution < 1.29 is 75.8 Å². The van der Waals surface area contributed by atoms with Gasteiger partial charge in [0, 0.05) is 39.3 Å². The fourth-order valence-electron chi connectivity index (χ4n) is 12.6. The Bertz CT molecular complexity index is 4970. The van der Waals surface area contributed by atoms with Gasteiger partial charge in [-0.1, -0.05) is 174 Å². The number of hydrogen-bond donors (Lipinski definition) is 0. The molecule has 0 fully saturated rings. The molecule has 0 radical (unpaired) electrons. The highest BCUT2D eigenvalue weighted by Gasteiger charge is 2.41. The number of benzene rings is 9. The highest BCUT2D eigenvalue weighted by molar-refractivity contribution is 8.05. The summed E-state index contributed by atoms with van der Waals surface area (Å²) in [5.41, 5.74) is 6.34. The van der Waals surface area contributed by atoms with Crippen LogP contribution in [0.1, 0.15) is 88.6 Å². The third-order valence-electron chi connectivity index (χ3n) is 19.4. The Morgan fingerprint density at radius 1 is 0.157 bits per heavy atom. The van der Waals surface area contributed by atoms with Crippen LogP contribution in [0, 0.1) is 62.3 Å². The quantitative estimate of drug-likeness (QED) is 0.0343. The van der Waals surface area contributed by atoms with E-state index in [2.05, 4.69) is 0 Å². The van der Waals surface area contributed by atoms with Crippen LogP contribution in [0.5, 0.6) is 0 Å². The molecule has 0 aliphatic rings. The summed E-state index contributed by atoms with van der Waals surface area (Å²) in [6, 6.07) is 51.2. The number of nitrogens with zero attached hydrogens (tertiary/aromatic N) is 7. The molecule has 0 saturated carbocycles. The van der Waals surface area contributed by atoms with E-state index >= 15 is 8.42 Å². The summed E-state index contributed by atoms with van der Waals surface area (Å²) in [6.07, 6.45) is -0.846. The lowest BCUT2D eigenvalue weighted by molar-refractivity contribution is 0.236. The summed E-state index contributed by atoms with van der Waals surface area (Å²) >= 11 is 0. The average Bonchev–Trinajstić information content (AvgIpc) is 0.779. The van der Waals surface area contributed by atoms with E-state index in [1.54, 1.807) is 84.2 Å². The molecule has 0 aliphatic heterocycles. The van der Waals surface area contributed by atoms with Crippen LogP contribution in [0.15, 0.2) is 262 Å². The molecule has 9 rings (SSSR count). The van der Waals surface area contributed by atoms with Crippen LogP contribution >= 0.6 is 0 Å². The zero-order chi connectivity index (χ0) is 84.1. The SMILES string of the molecule is Cc1ccc(S(=O)(=O)N(CCCN(CCCN(S(=O)(=O)c2ccc(C)cc2)S(=O)(=O)c2ccc(C)cc2)CCCN(S(=O)(=O)c2ccc(C)cc2)S(=O)(=O)c2ccc(C)cc2)CCCN(CCCN(S(=O)(=O)c2ccc(C)cc2)S(=O)(=O)c2ccc(C)cc2)CCCN(S(=O)(=O)c2ccc(C)cc2)S(=O)(=O)c2ccc(C)cc2)cc1. The molecule has 25 nitrogen and oxygen atoms in total. The summed E-state index contributed by atoms with van der Waals surface area (Å²) < 4.78 is 269. The average molecular weight is 1750 g/mol. The summed E-state index contributed by atoms with van der Waals surface area (Å²) in [5.74, 6) is 0. The van der Waals surface area contributed by atoms with Crippen molar-refractivity contribution in [1.82, 2.24) is 28.9 Å². The van der Waals surface area contributed by atoms with Crippen molar-refractivity contribution >= 4 is 90.2 Å². The van der Waals surface area contributed by atoms with E-state index in [0.29, 0.717) is 59.3 Å². The van der Waals surface area contributed by atoms with Crippen molar-refractivity contribution in [2.45, 2.75) is 145 Å². The molecule has 0 saturated heterocycles. The minimum Gasteiger partial charge on any atom is -0.303 e. The third kappa shape index (κ3) is 22.6. The molecule has 0 aromatic heterocycles. The van der Waals surface area contributed by atoms with Crippen molar-refractivity contribution in [2.75, 3.05) is 78.5 Å². The Balaban J connectivity index is 1.05. The zero-order valence-corrected chi connectivity index (χ0v) is 73.0. The van der Waals surface area contributed by atoms with Gasteiger partial charge >= 0.3 is 0 Å².